The minimum atomic E-state index is -3.64. The predicted octanol–water partition coefficient (Wildman–Crippen LogP) is 3.58. The predicted molar refractivity (Wildman–Crippen MR) is 158 cm³/mol. The van der Waals surface area contributed by atoms with Gasteiger partial charge in [0.2, 0.25) is 10.0 Å². The molecule has 0 amide bonds. The average Bonchev–Trinajstić information content (AvgIpc) is 3.30. The molecule has 0 atom stereocenters. The van der Waals surface area contributed by atoms with E-state index in [1.807, 2.05) is 37.4 Å². The molecule has 13 heteroatoms. The number of hydrogen-bond donors (Lipinski definition) is 2. The van der Waals surface area contributed by atoms with Crippen molar-refractivity contribution in [2.75, 3.05) is 19.1 Å². The fourth-order valence-corrected chi connectivity index (χ4v) is 6.59. The van der Waals surface area contributed by atoms with E-state index in [1.165, 1.54) is 27.7 Å². The fraction of sp³-hybridized carbons (Fsp3) is 0.296. The molecule has 4 rings (SSSR count). The Labute approximate surface area is 239 Å². The van der Waals surface area contributed by atoms with Gasteiger partial charge in [-0.15, -0.1) is 23.1 Å². The quantitative estimate of drug-likeness (QED) is 0.235. The number of carbonyl (C=O) groups is 1. The van der Waals surface area contributed by atoms with E-state index < -0.39 is 33.8 Å². The lowest BCUT2D eigenvalue weighted by Gasteiger charge is -2.13. The van der Waals surface area contributed by atoms with Crippen molar-refractivity contribution in [3.05, 3.63) is 80.5 Å². The van der Waals surface area contributed by atoms with E-state index in [9.17, 15) is 27.9 Å². The molecule has 2 heterocycles. The molecule has 0 radical (unpaired) electrons. The first-order valence-corrected chi connectivity index (χ1v) is 16.3. The number of aromatic nitrogens is 2. The molecule has 10 nitrogen and oxygen atoms in total. The second-order valence-electron chi connectivity index (χ2n) is 9.02. The summed E-state index contributed by atoms with van der Waals surface area (Å²) in [5.74, 6) is -0.680. The van der Waals surface area contributed by atoms with Gasteiger partial charge in [0, 0.05) is 21.9 Å². The van der Waals surface area contributed by atoms with Crippen molar-refractivity contribution in [3.63, 3.8) is 0 Å². The number of carboxylic acids is 1. The Bertz CT molecular complexity index is 1770. The fourth-order valence-electron chi connectivity index (χ4n) is 4.26. The lowest BCUT2D eigenvalue weighted by Crippen LogP contribution is -2.41. The van der Waals surface area contributed by atoms with E-state index in [1.54, 1.807) is 24.3 Å². The van der Waals surface area contributed by atoms with Crippen molar-refractivity contribution < 1.29 is 23.1 Å². The molecule has 2 N–H and O–H groups in total. The molecule has 0 aliphatic heterocycles. The zero-order valence-electron chi connectivity index (χ0n) is 22.2. The third-order valence-corrected chi connectivity index (χ3v) is 8.88. The number of ether oxygens (including phenoxy) is 1. The number of thioether (sulfide) groups is 1. The van der Waals surface area contributed by atoms with Gasteiger partial charge in [0.15, 0.2) is 0 Å². The van der Waals surface area contributed by atoms with Crippen molar-refractivity contribution in [2.24, 2.45) is 0 Å². The van der Waals surface area contributed by atoms with Gasteiger partial charge >= 0.3 is 11.7 Å². The zero-order chi connectivity index (χ0) is 29.0. The van der Waals surface area contributed by atoms with Crippen LogP contribution in [-0.4, -0.2) is 47.7 Å². The molecule has 212 valence electrons. The SMILES string of the molecule is CCCOc1ccc(-c2sc3c(c2CNS(C)(=O)=O)c(=O)n(CC(=O)O)c(=O)n3Cc2ccccc2SC)cc1. The van der Waals surface area contributed by atoms with Gasteiger partial charge in [-0.05, 0) is 54.1 Å². The summed E-state index contributed by atoms with van der Waals surface area (Å²) in [6.07, 6.45) is 3.77. The van der Waals surface area contributed by atoms with Crippen LogP contribution in [-0.2, 0) is 34.5 Å². The molecular formula is C27H29N3O7S3. The van der Waals surface area contributed by atoms with E-state index in [-0.39, 0.29) is 18.5 Å². The Morgan fingerprint density at radius 1 is 1.10 bits per heavy atom. The van der Waals surface area contributed by atoms with Gasteiger partial charge in [-0.25, -0.2) is 22.5 Å². The molecule has 2 aromatic heterocycles. The Morgan fingerprint density at radius 2 is 1.80 bits per heavy atom. The van der Waals surface area contributed by atoms with Crippen LogP contribution in [0.1, 0.15) is 24.5 Å². The number of rotatable bonds is 12. The normalized spacial score (nSPS) is 11.7. The first kappa shape index (κ1) is 29.6. The van der Waals surface area contributed by atoms with Crippen LogP contribution in [0.4, 0.5) is 0 Å². The second kappa shape index (κ2) is 12.4. The largest absolute Gasteiger partial charge is 0.494 e. The minimum absolute atomic E-state index is 0.0922. The second-order valence-corrected chi connectivity index (χ2v) is 12.7. The van der Waals surface area contributed by atoms with Crippen LogP contribution in [0.3, 0.4) is 0 Å². The van der Waals surface area contributed by atoms with Crippen molar-refractivity contribution in [1.29, 1.82) is 0 Å². The van der Waals surface area contributed by atoms with Gasteiger partial charge in [0.1, 0.15) is 17.1 Å². The van der Waals surface area contributed by atoms with Crippen LogP contribution in [0.2, 0.25) is 0 Å². The van der Waals surface area contributed by atoms with E-state index in [0.29, 0.717) is 37.8 Å². The average molecular weight is 604 g/mol. The number of benzene rings is 2. The third kappa shape index (κ3) is 6.49. The maximum atomic E-state index is 13.7. The number of nitrogens with one attached hydrogen (secondary N) is 1. The van der Waals surface area contributed by atoms with Gasteiger partial charge in [-0.1, -0.05) is 25.1 Å². The molecular weight excluding hydrogens is 575 g/mol. The topological polar surface area (TPSA) is 137 Å². The molecule has 0 aliphatic carbocycles. The van der Waals surface area contributed by atoms with E-state index in [0.717, 1.165) is 23.1 Å². The molecule has 40 heavy (non-hydrogen) atoms. The van der Waals surface area contributed by atoms with E-state index in [4.69, 9.17) is 4.74 Å². The maximum Gasteiger partial charge on any atom is 0.332 e. The molecule has 2 aromatic carbocycles. The Hall–Kier alpha value is -3.39. The number of hydrogen-bond acceptors (Lipinski definition) is 8. The van der Waals surface area contributed by atoms with Gasteiger partial charge in [-0.3, -0.25) is 14.2 Å². The lowest BCUT2D eigenvalue weighted by molar-refractivity contribution is -0.137. The minimum Gasteiger partial charge on any atom is -0.494 e. The summed E-state index contributed by atoms with van der Waals surface area (Å²) in [7, 11) is -3.64. The summed E-state index contributed by atoms with van der Waals surface area (Å²) in [5.41, 5.74) is 0.343. The van der Waals surface area contributed by atoms with Crippen LogP contribution in [0, 0.1) is 0 Å². The molecule has 0 aliphatic rings. The van der Waals surface area contributed by atoms with E-state index in [2.05, 4.69) is 4.72 Å². The summed E-state index contributed by atoms with van der Waals surface area (Å²) < 4.78 is 34.3. The van der Waals surface area contributed by atoms with Crippen LogP contribution in [0.15, 0.2) is 63.0 Å². The van der Waals surface area contributed by atoms with Crippen LogP contribution in [0.5, 0.6) is 5.75 Å². The lowest BCUT2D eigenvalue weighted by atomic mass is 10.1. The number of carboxylic acid groups (broad SMARTS) is 1. The highest BCUT2D eigenvalue weighted by Gasteiger charge is 2.25. The molecule has 0 unspecified atom stereocenters. The van der Waals surface area contributed by atoms with Gasteiger partial charge in [0.05, 0.1) is 24.8 Å². The highest BCUT2D eigenvalue weighted by Crippen LogP contribution is 2.38. The van der Waals surface area contributed by atoms with Crippen molar-refractivity contribution in [1.82, 2.24) is 13.9 Å². The molecule has 0 saturated carbocycles. The summed E-state index contributed by atoms with van der Waals surface area (Å²) in [6, 6.07) is 14.7. The van der Waals surface area contributed by atoms with Crippen LogP contribution in [0.25, 0.3) is 20.7 Å². The smallest absolute Gasteiger partial charge is 0.332 e. The van der Waals surface area contributed by atoms with Crippen LogP contribution < -0.4 is 20.7 Å². The summed E-state index contributed by atoms with van der Waals surface area (Å²) >= 11 is 2.69. The monoisotopic (exact) mass is 603 g/mol. The number of fused-ring (bicyclic) bond motifs is 1. The molecule has 4 aromatic rings. The first-order chi connectivity index (χ1) is 19.0. The highest BCUT2D eigenvalue weighted by atomic mass is 32.2. The summed E-state index contributed by atoms with van der Waals surface area (Å²) in [4.78, 5) is 40.8. The van der Waals surface area contributed by atoms with Gasteiger partial charge < -0.3 is 9.84 Å². The Balaban J connectivity index is 2.02. The van der Waals surface area contributed by atoms with Crippen molar-refractivity contribution in [3.8, 4) is 16.2 Å². The molecule has 0 spiro atoms. The molecule has 0 saturated heterocycles. The number of nitrogens with zero attached hydrogens (tertiary/aromatic N) is 2. The number of aliphatic carboxylic acids is 1. The van der Waals surface area contributed by atoms with Gasteiger partial charge in [-0.2, -0.15) is 0 Å². The standard InChI is InChI=1S/C27H29N3O7S3/c1-4-13-37-19-11-9-17(10-12-19)24-20(14-28-40(3,35)36)23-25(33)29(16-22(31)32)27(34)30(26(23)39-24)15-18-7-5-6-8-21(18)38-2/h5-12,28H,4,13-16H2,1-3H3,(H,31,32). The number of thiophene rings is 1. The van der Waals surface area contributed by atoms with Crippen molar-refractivity contribution in [2.45, 2.75) is 37.9 Å². The summed E-state index contributed by atoms with van der Waals surface area (Å²) in [5, 5.41) is 9.59. The maximum absolute atomic E-state index is 13.7. The number of sulfonamides is 1. The molecule has 0 fully saturated rings. The van der Waals surface area contributed by atoms with E-state index >= 15 is 0 Å². The first-order valence-electron chi connectivity index (χ1n) is 12.3. The van der Waals surface area contributed by atoms with Gasteiger partial charge in [0.25, 0.3) is 5.56 Å². The zero-order valence-corrected chi connectivity index (χ0v) is 24.6. The summed E-state index contributed by atoms with van der Waals surface area (Å²) in [6.45, 7) is 1.60. The third-order valence-electron chi connectivity index (χ3n) is 6.07. The Morgan fingerprint density at radius 3 is 2.42 bits per heavy atom. The van der Waals surface area contributed by atoms with Crippen molar-refractivity contribution >= 4 is 49.3 Å². The highest BCUT2D eigenvalue weighted by molar-refractivity contribution is 7.98. The Kier molecular flexibility index (Phi) is 9.19. The van der Waals surface area contributed by atoms with Crippen LogP contribution >= 0.6 is 23.1 Å². The molecule has 0 bridgehead atoms.